The van der Waals surface area contributed by atoms with Crippen molar-refractivity contribution in [1.29, 1.82) is 0 Å². The van der Waals surface area contributed by atoms with Gasteiger partial charge in [0.05, 0.1) is 0 Å². The van der Waals surface area contributed by atoms with Crippen molar-refractivity contribution >= 4 is 23.2 Å². The van der Waals surface area contributed by atoms with Crippen LogP contribution in [0.4, 0.5) is 0 Å². The Morgan fingerprint density at radius 1 is 1.25 bits per heavy atom. The first kappa shape index (κ1) is 13.4. The van der Waals surface area contributed by atoms with Gasteiger partial charge in [0.15, 0.2) is 0 Å². The molecule has 0 aliphatic heterocycles. The highest BCUT2D eigenvalue weighted by atomic mass is 35.5. The molecule has 0 amide bonds. The Morgan fingerprint density at radius 2 is 1.75 bits per heavy atom. The fourth-order valence-electron chi connectivity index (χ4n) is 1.50. The lowest BCUT2D eigenvalue weighted by Crippen LogP contribution is -2.12. The first-order chi connectivity index (χ1) is 7.36. The summed E-state index contributed by atoms with van der Waals surface area (Å²) in [4.78, 5) is 0. The van der Waals surface area contributed by atoms with Gasteiger partial charge in [-0.15, -0.1) is 0 Å². The lowest BCUT2D eigenvalue weighted by Gasteiger charge is -2.22. The van der Waals surface area contributed by atoms with Crippen molar-refractivity contribution < 1.29 is 4.74 Å². The molecule has 1 aromatic carbocycles. The van der Waals surface area contributed by atoms with Gasteiger partial charge >= 0.3 is 0 Å². The van der Waals surface area contributed by atoms with E-state index in [1.807, 2.05) is 0 Å². The van der Waals surface area contributed by atoms with E-state index in [9.17, 15) is 0 Å². The fraction of sp³-hybridized carbons (Fsp3) is 0.385. The number of ether oxygens (including phenoxy) is 1. The number of benzene rings is 1. The van der Waals surface area contributed by atoms with Crippen LogP contribution in [0.15, 0.2) is 24.8 Å². The molecule has 0 atom stereocenters. The van der Waals surface area contributed by atoms with Gasteiger partial charge in [0, 0.05) is 10.0 Å². The van der Waals surface area contributed by atoms with Crippen LogP contribution in [0.5, 0.6) is 5.75 Å². The van der Waals surface area contributed by atoms with Crippen molar-refractivity contribution in [1.82, 2.24) is 0 Å². The van der Waals surface area contributed by atoms with Crippen molar-refractivity contribution in [2.75, 3.05) is 6.61 Å². The van der Waals surface area contributed by atoms with Crippen LogP contribution in [0, 0.1) is 0 Å². The van der Waals surface area contributed by atoms with Gasteiger partial charge in [-0.25, -0.2) is 0 Å². The van der Waals surface area contributed by atoms with E-state index in [1.165, 1.54) is 0 Å². The first-order valence-electron chi connectivity index (χ1n) is 5.09. The molecule has 1 rings (SSSR count). The molecular weight excluding hydrogens is 243 g/mol. The van der Waals surface area contributed by atoms with Gasteiger partial charge < -0.3 is 4.74 Å². The van der Waals surface area contributed by atoms with Gasteiger partial charge in [-0.3, -0.25) is 0 Å². The van der Waals surface area contributed by atoms with Crippen LogP contribution >= 0.6 is 23.2 Å². The molecule has 1 aromatic rings. The van der Waals surface area contributed by atoms with E-state index in [4.69, 9.17) is 27.9 Å². The lowest BCUT2D eigenvalue weighted by molar-refractivity contribution is 0.363. The maximum Gasteiger partial charge on any atom is 0.122 e. The molecule has 0 saturated heterocycles. The van der Waals surface area contributed by atoms with Gasteiger partial charge in [-0.05, 0) is 23.1 Å². The Balaban J connectivity index is 3.12. The van der Waals surface area contributed by atoms with Crippen LogP contribution in [0.25, 0.3) is 0 Å². The normalized spacial score (nSPS) is 11.3. The average molecular weight is 259 g/mol. The number of halogens is 2. The van der Waals surface area contributed by atoms with Crippen LogP contribution < -0.4 is 4.74 Å². The Kier molecular flexibility index (Phi) is 4.28. The predicted octanol–water partition coefficient (Wildman–Crippen LogP) is 4.86. The van der Waals surface area contributed by atoms with E-state index >= 15 is 0 Å². The summed E-state index contributed by atoms with van der Waals surface area (Å²) in [5.74, 6) is 0.669. The van der Waals surface area contributed by atoms with E-state index in [2.05, 4.69) is 27.4 Å². The Morgan fingerprint density at radius 3 is 2.12 bits per heavy atom. The summed E-state index contributed by atoms with van der Waals surface area (Å²) >= 11 is 12.4. The summed E-state index contributed by atoms with van der Waals surface area (Å²) in [5.41, 5.74) is 0.868. The zero-order valence-corrected chi connectivity index (χ0v) is 11.3. The van der Waals surface area contributed by atoms with Gasteiger partial charge in [-0.2, -0.15) is 0 Å². The predicted molar refractivity (Wildman–Crippen MR) is 70.9 cm³/mol. The number of rotatable bonds is 3. The summed E-state index contributed by atoms with van der Waals surface area (Å²) < 4.78 is 5.40. The SMILES string of the molecule is C=CCOc1cc(Cl)c(C(C)(C)C)c(Cl)c1. The molecule has 0 heterocycles. The van der Waals surface area contributed by atoms with Gasteiger partial charge in [0.25, 0.3) is 0 Å². The third-order valence-electron chi connectivity index (χ3n) is 2.13. The average Bonchev–Trinajstić information content (AvgIpc) is 2.11. The van der Waals surface area contributed by atoms with Gasteiger partial charge in [-0.1, -0.05) is 56.6 Å². The fourth-order valence-corrected chi connectivity index (χ4v) is 2.54. The zero-order valence-electron chi connectivity index (χ0n) is 9.81. The first-order valence-corrected chi connectivity index (χ1v) is 5.85. The summed E-state index contributed by atoms with van der Waals surface area (Å²) in [5, 5.41) is 1.28. The van der Waals surface area contributed by atoms with Crippen LogP contribution in [-0.4, -0.2) is 6.61 Å². The molecule has 0 aliphatic rings. The van der Waals surface area contributed by atoms with E-state index in [-0.39, 0.29) is 5.41 Å². The highest BCUT2D eigenvalue weighted by Gasteiger charge is 2.21. The van der Waals surface area contributed by atoms with Crippen LogP contribution in [0.1, 0.15) is 26.3 Å². The summed E-state index contributed by atoms with van der Waals surface area (Å²) in [6.45, 7) is 10.3. The second kappa shape index (κ2) is 5.11. The maximum atomic E-state index is 6.21. The number of hydrogen-bond donors (Lipinski definition) is 0. The van der Waals surface area contributed by atoms with Gasteiger partial charge in [0.1, 0.15) is 12.4 Å². The Bertz CT molecular complexity index is 368. The highest BCUT2D eigenvalue weighted by molar-refractivity contribution is 6.36. The molecule has 0 saturated carbocycles. The Labute approximate surface area is 107 Å². The van der Waals surface area contributed by atoms with Crippen LogP contribution in [-0.2, 0) is 5.41 Å². The molecule has 1 nitrogen and oxygen atoms in total. The van der Waals surface area contributed by atoms with Crippen LogP contribution in [0.2, 0.25) is 10.0 Å². The van der Waals surface area contributed by atoms with Crippen LogP contribution in [0.3, 0.4) is 0 Å². The molecule has 0 bridgehead atoms. The largest absolute Gasteiger partial charge is 0.489 e. The van der Waals surface area contributed by atoms with Crippen molar-refractivity contribution in [2.24, 2.45) is 0 Å². The standard InChI is InChI=1S/C13H16Cl2O/c1-5-6-16-9-7-10(14)12(11(15)8-9)13(2,3)4/h5,7-8H,1,6H2,2-4H3. The third-order valence-corrected chi connectivity index (χ3v) is 2.73. The Hall–Kier alpha value is -0.660. The molecular formula is C13H16Cl2O. The molecule has 3 heteroatoms. The molecule has 0 unspecified atom stereocenters. The molecule has 16 heavy (non-hydrogen) atoms. The minimum absolute atomic E-state index is 0.0782. The van der Waals surface area contributed by atoms with E-state index in [0.717, 1.165) is 5.56 Å². The molecule has 0 fully saturated rings. The monoisotopic (exact) mass is 258 g/mol. The maximum absolute atomic E-state index is 6.21. The summed E-state index contributed by atoms with van der Waals surface area (Å²) in [7, 11) is 0. The van der Waals surface area contributed by atoms with E-state index in [1.54, 1.807) is 18.2 Å². The van der Waals surface area contributed by atoms with Crippen molar-refractivity contribution in [2.45, 2.75) is 26.2 Å². The molecule has 0 aliphatic carbocycles. The molecule has 0 N–H and O–H groups in total. The van der Waals surface area contributed by atoms with Crippen molar-refractivity contribution in [3.63, 3.8) is 0 Å². The quantitative estimate of drug-likeness (QED) is 0.704. The summed E-state index contributed by atoms with van der Waals surface area (Å²) in [6, 6.07) is 3.58. The molecule has 0 aromatic heterocycles. The minimum atomic E-state index is -0.0782. The highest BCUT2D eigenvalue weighted by Crippen LogP contribution is 2.38. The number of hydrogen-bond acceptors (Lipinski definition) is 1. The second-order valence-corrected chi connectivity index (χ2v) is 5.43. The molecule has 0 radical (unpaired) electrons. The summed E-state index contributed by atoms with van der Waals surface area (Å²) in [6.07, 6.45) is 1.68. The van der Waals surface area contributed by atoms with Gasteiger partial charge in [0.2, 0.25) is 0 Å². The topological polar surface area (TPSA) is 9.23 Å². The minimum Gasteiger partial charge on any atom is -0.489 e. The second-order valence-electron chi connectivity index (χ2n) is 4.61. The van der Waals surface area contributed by atoms with Crippen molar-refractivity contribution in [3.05, 3.63) is 40.4 Å². The van der Waals surface area contributed by atoms with E-state index in [0.29, 0.717) is 22.4 Å². The molecule has 88 valence electrons. The van der Waals surface area contributed by atoms with E-state index < -0.39 is 0 Å². The smallest absolute Gasteiger partial charge is 0.122 e. The molecule has 0 spiro atoms. The lowest BCUT2D eigenvalue weighted by atomic mass is 9.87. The van der Waals surface area contributed by atoms with Crippen molar-refractivity contribution in [3.8, 4) is 5.75 Å². The third kappa shape index (κ3) is 3.16. The zero-order chi connectivity index (χ0) is 12.3.